The number of ether oxygens (including phenoxy) is 1. The molecule has 3 amide bonds. The van der Waals surface area contributed by atoms with Crippen LogP contribution in [0, 0.1) is 0 Å². The summed E-state index contributed by atoms with van der Waals surface area (Å²) in [7, 11) is 1.25. The summed E-state index contributed by atoms with van der Waals surface area (Å²) in [5.74, 6) is -2.25. The van der Waals surface area contributed by atoms with E-state index < -0.39 is 16.7 Å². The summed E-state index contributed by atoms with van der Waals surface area (Å²) in [6.07, 6.45) is 4.34. The van der Waals surface area contributed by atoms with E-state index in [1.807, 2.05) is 0 Å². The van der Waals surface area contributed by atoms with Crippen LogP contribution < -0.4 is 16.4 Å². The van der Waals surface area contributed by atoms with Gasteiger partial charge >= 0.3 is 6.03 Å². The van der Waals surface area contributed by atoms with Gasteiger partial charge in [0, 0.05) is 25.3 Å². The lowest BCUT2D eigenvalue weighted by Gasteiger charge is -2.40. The molecule has 0 aliphatic heterocycles. The quantitative estimate of drug-likeness (QED) is 0.353. The Balaban J connectivity index is 2.57. The van der Waals surface area contributed by atoms with Crippen LogP contribution in [0.4, 0.5) is 10.5 Å². The molecule has 7 nitrogen and oxygen atoms in total. The number of nitrogens with two attached hydrogens (primary N) is 1. The number of aliphatic hydroxyl groups is 1. The number of rotatable bonds is 4. The van der Waals surface area contributed by atoms with Gasteiger partial charge < -0.3 is 26.2 Å². The Kier molecular flexibility index (Phi) is 5.82. The molecule has 2 atom stereocenters. The number of hydrogen-bond donors (Lipinski definition) is 4. The number of primary amides is 1. The Bertz CT molecular complexity index is 826. The number of amides is 3. The van der Waals surface area contributed by atoms with Crippen molar-refractivity contribution in [2.24, 2.45) is 5.73 Å². The van der Waals surface area contributed by atoms with E-state index in [9.17, 15) is 14.7 Å². The summed E-state index contributed by atoms with van der Waals surface area (Å²) in [6.45, 7) is 1.39. The van der Waals surface area contributed by atoms with Crippen molar-refractivity contribution in [3.63, 3.8) is 0 Å². The van der Waals surface area contributed by atoms with Gasteiger partial charge in [0.05, 0.1) is 0 Å². The average molecular weight is 396 g/mol. The van der Waals surface area contributed by atoms with Gasteiger partial charge in [-0.1, -0.05) is 36.5 Å². The summed E-state index contributed by atoms with van der Waals surface area (Å²) in [4.78, 5) is 20.6. The first-order valence-electron chi connectivity index (χ1n) is 7.49. The number of carbonyl (C=O) groups is 2. The largest absolute Gasteiger partial charge is 0.360 e. The van der Waals surface area contributed by atoms with Crippen LogP contribution in [0.1, 0.15) is 12.5 Å². The van der Waals surface area contributed by atoms with Gasteiger partial charge in [0.2, 0.25) is 11.7 Å². The van der Waals surface area contributed by atoms with Gasteiger partial charge in [-0.25, -0.2) is 4.79 Å². The Hall–Kier alpha value is -2.26. The van der Waals surface area contributed by atoms with Crippen molar-refractivity contribution < 1.29 is 19.4 Å². The van der Waals surface area contributed by atoms with Crippen LogP contribution in [0.15, 0.2) is 42.5 Å². The number of nitrogens with one attached hydrogen (secondary N) is 2. The zero-order valence-corrected chi connectivity index (χ0v) is 15.6. The third-order valence-electron chi connectivity index (χ3n) is 3.79. The molecular weight excluding hydrogens is 378 g/mol. The van der Waals surface area contributed by atoms with Crippen LogP contribution in [0.3, 0.4) is 0 Å². The highest BCUT2D eigenvalue weighted by Crippen LogP contribution is 2.42. The highest BCUT2D eigenvalue weighted by molar-refractivity contribution is 7.80. The molecule has 0 fully saturated rings. The van der Waals surface area contributed by atoms with Crippen molar-refractivity contribution >= 4 is 52.0 Å². The van der Waals surface area contributed by atoms with Crippen molar-refractivity contribution in [1.82, 2.24) is 5.32 Å². The molecule has 0 saturated heterocycles. The molecule has 0 saturated carbocycles. The molecule has 26 heavy (non-hydrogen) atoms. The fraction of sp³-hybridized carbons (Fsp3) is 0.235. The fourth-order valence-electron chi connectivity index (χ4n) is 2.54. The van der Waals surface area contributed by atoms with E-state index in [-0.39, 0.29) is 10.9 Å². The minimum atomic E-state index is -2.01. The second-order valence-corrected chi connectivity index (χ2v) is 6.59. The molecule has 1 aliphatic carbocycles. The number of carbonyl (C=O) groups excluding carboxylic acids is 2. The second-order valence-electron chi connectivity index (χ2n) is 5.59. The van der Waals surface area contributed by atoms with E-state index >= 15 is 0 Å². The molecular formula is C17H18ClN3O4S. The Morgan fingerprint density at radius 2 is 2.00 bits per heavy atom. The summed E-state index contributed by atoms with van der Waals surface area (Å²) in [5.41, 5.74) is 6.85. The molecule has 0 radical (unpaired) electrons. The highest BCUT2D eigenvalue weighted by Gasteiger charge is 2.52. The molecule has 9 heteroatoms. The van der Waals surface area contributed by atoms with Gasteiger partial charge in [-0.05, 0) is 23.8 Å². The van der Waals surface area contributed by atoms with E-state index in [0.29, 0.717) is 16.8 Å². The molecule has 0 bridgehead atoms. The topological polar surface area (TPSA) is 114 Å². The lowest BCUT2D eigenvalue weighted by Crippen LogP contribution is -2.59. The number of alkyl halides is 1. The maximum Gasteiger partial charge on any atom is 0.317 e. The number of benzene rings is 1. The minimum absolute atomic E-state index is 0.227. The molecule has 1 aromatic rings. The summed E-state index contributed by atoms with van der Waals surface area (Å²) < 4.78 is 5.12. The van der Waals surface area contributed by atoms with Crippen LogP contribution in [0.2, 0.25) is 0 Å². The first-order chi connectivity index (χ1) is 12.1. The fourth-order valence-corrected chi connectivity index (χ4v) is 3.15. The van der Waals surface area contributed by atoms with Crippen LogP contribution in [0.25, 0.3) is 5.57 Å². The van der Waals surface area contributed by atoms with E-state index in [2.05, 4.69) is 10.6 Å². The zero-order valence-electron chi connectivity index (χ0n) is 14.1. The van der Waals surface area contributed by atoms with Crippen molar-refractivity contribution in [2.75, 3.05) is 12.4 Å². The number of allylic oxidation sites excluding steroid dienone is 2. The van der Waals surface area contributed by atoms with Crippen LogP contribution in [0.5, 0.6) is 0 Å². The summed E-state index contributed by atoms with van der Waals surface area (Å²) in [5, 5.41) is 15.7. The lowest BCUT2D eigenvalue weighted by molar-refractivity contribution is -0.151. The zero-order chi connectivity index (χ0) is 19.5. The normalized spacial score (nSPS) is 24.5. The number of methoxy groups -OCH3 is 1. The van der Waals surface area contributed by atoms with E-state index in [4.69, 9.17) is 34.3 Å². The first-order valence-corrected chi connectivity index (χ1v) is 8.28. The molecule has 2 rings (SSSR count). The number of halogens is 1. The second kappa shape index (κ2) is 7.55. The van der Waals surface area contributed by atoms with E-state index in [0.717, 1.165) is 0 Å². The molecule has 1 aromatic carbocycles. The Morgan fingerprint density at radius 1 is 1.35 bits per heavy atom. The predicted octanol–water partition coefficient (Wildman–Crippen LogP) is 1.91. The average Bonchev–Trinajstić information content (AvgIpc) is 2.57. The van der Waals surface area contributed by atoms with Gasteiger partial charge in [0.15, 0.2) is 4.87 Å². The van der Waals surface area contributed by atoms with Crippen molar-refractivity contribution in [1.29, 1.82) is 0 Å². The minimum Gasteiger partial charge on any atom is -0.360 e. The van der Waals surface area contributed by atoms with Crippen molar-refractivity contribution in [3.8, 4) is 0 Å². The monoisotopic (exact) mass is 395 g/mol. The Labute approximate surface area is 160 Å². The maximum absolute atomic E-state index is 11.4. The molecule has 138 valence electrons. The SMILES string of the molecule is COC1(O)C=CC(c2ccccc2NC(C)=O)=CC1(Cl)C(=S)NC(N)=O. The molecule has 0 aromatic heterocycles. The van der Waals surface area contributed by atoms with Gasteiger partial charge in [-0.2, -0.15) is 0 Å². The van der Waals surface area contributed by atoms with Gasteiger partial charge in [-0.3, -0.25) is 4.79 Å². The maximum atomic E-state index is 11.4. The number of para-hydroxylation sites is 1. The highest BCUT2D eigenvalue weighted by atomic mass is 35.5. The van der Waals surface area contributed by atoms with Gasteiger partial charge in [0.25, 0.3) is 0 Å². The van der Waals surface area contributed by atoms with E-state index in [1.54, 1.807) is 30.3 Å². The molecule has 2 unspecified atom stereocenters. The number of anilines is 1. The third kappa shape index (κ3) is 3.78. The Morgan fingerprint density at radius 3 is 2.58 bits per heavy atom. The molecule has 1 aliphatic rings. The third-order valence-corrected chi connectivity index (χ3v) is 4.90. The van der Waals surface area contributed by atoms with Gasteiger partial charge in [-0.15, -0.1) is 11.6 Å². The first kappa shape index (κ1) is 20.1. The number of thiocarbonyl (C=S) groups is 1. The van der Waals surface area contributed by atoms with Crippen molar-refractivity contribution in [3.05, 3.63) is 48.1 Å². The molecule has 5 N–H and O–H groups in total. The smallest absolute Gasteiger partial charge is 0.317 e. The summed E-state index contributed by atoms with van der Waals surface area (Å²) in [6, 6.07) is 6.11. The van der Waals surface area contributed by atoms with Gasteiger partial charge in [0.1, 0.15) is 4.99 Å². The van der Waals surface area contributed by atoms with Crippen LogP contribution in [-0.2, 0) is 9.53 Å². The van der Waals surface area contributed by atoms with Crippen molar-refractivity contribution in [2.45, 2.75) is 17.6 Å². The number of urea groups is 1. The van der Waals surface area contributed by atoms with Crippen LogP contribution in [-0.4, -0.2) is 39.8 Å². The summed E-state index contributed by atoms with van der Waals surface area (Å²) >= 11 is 11.7. The molecule has 0 heterocycles. The molecule has 0 spiro atoms. The lowest BCUT2D eigenvalue weighted by atomic mass is 9.86. The number of hydrogen-bond acceptors (Lipinski definition) is 5. The predicted molar refractivity (Wildman–Crippen MR) is 104 cm³/mol. The van der Waals surface area contributed by atoms with E-state index in [1.165, 1.54) is 26.2 Å². The van der Waals surface area contributed by atoms with Crippen LogP contribution >= 0.6 is 23.8 Å². The standard InChI is InChI=1S/C17H18ClN3O4S/c1-10(22)20-13-6-4-3-5-12(13)11-7-8-17(24,25-2)16(18,9-11)14(26)21-15(19)23/h3-9,24H,1-2H3,(H,20,22)(H3,19,21,23,26).